The van der Waals surface area contributed by atoms with Crippen LogP contribution in [0, 0.1) is 11.6 Å². The lowest BCUT2D eigenvalue weighted by Gasteiger charge is -2.13. The summed E-state index contributed by atoms with van der Waals surface area (Å²) in [6.07, 6.45) is 0.938. The van der Waals surface area contributed by atoms with Crippen molar-refractivity contribution in [1.29, 1.82) is 0 Å². The first-order valence-corrected chi connectivity index (χ1v) is 7.11. The van der Waals surface area contributed by atoms with Crippen LogP contribution in [0.1, 0.15) is 18.9 Å². The molecule has 0 spiro atoms. The normalized spacial score (nSPS) is 10.7. The first-order valence-electron chi connectivity index (χ1n) is 6.73. The average molecular weight is 312 g/mol. The number of ether oxygens (including phenoxy) is 1. The van der Waals surface area contributed by atoms with Crippen molar-refractivity contribution in [2.75, 3.05) is 6.54 Å². The van der Waals surface area contributed by atoms with Gasteiger partial charge in [-0.3, -0.25) is 0 Å². The maximum Gasteiger partial charge on any atom is 0.184 e. The van der Waals surface area contributed by atoms with Gasteiger partial charge in [0.2, 0.25) is 0 Å². The largest absolute Gasteiger partial charge is 0.454 e. The Morgan fingerprint density at radius 3 is 2.57 bits per heavy atom. The molecule has 0 radical (unpaired) electrons. The third-order valence-corrected chi connectivity index (χ3v) is 3.23. The lowest BCUT2D eigenvalue weighted by Crippen LogP contribution is -2.15. The van der Waals surface area contributed by atoms with Crippen LogP contribution in [-0.2, 0) is 6.54 Å². The van der Waals surface area contributed by atoms with Gasteiger partial charge in [-0.25, -0.2) is 8.78 Å². The fraction of sp³-hybridized carbons (Fsp3) is 0.250. The Morgan fingerprint density at radius 1 is 1.10 bits per heavy atom. The van der Waals surface area contributed by atoms with Crippen molar-refractivity contribution in [3.63, 3.8) is 0 Å². The van der Waals surface area contributed by atoms with Crippen LogP contribution in [0.15, 0.2) is 36.4 Å². The second-order valence-corrected chi connectivity index (χ2v) is 4.95. The summed E-state index contributed by atoms with van der Waals surface area (Å²) in [7, 11) is 0. The number of hydrogen-bond acceptors (Lipinski definition) is 2. The number of benzene rings is 2. The maximum absolute atomic E-state index is 13.9. The SMILES string of the molecule is CCCNCc1c(F)cccc1Oc1cccc(Cl)c1F. The van der Waals surface area contributed by atoms with Gasteiger partial charge in [0.15, 0.2) is 11.6 Å². The van der Waals surface area contributed by atoms with E-state index in [1.165, 1.54) is 24.3 Å². The van der Waals surface area contributed by atoms with E-state index < -0.39 is 11.6 Å². The first-order chi connectivity index (χ1) is 10.1. The van der Waals surface area contributed by atoms with Crippen molar-refractivity contribution >= 4 is 11.6 Å². The van der Waals surface area contributed by atoms with Crippen LogP contribution in [0.25, 0.3) is 0 Å². The van der Waals surface area contributed by atoms with Crippen molar-refractivity contribution in [3.8, 4) is 11.5 Å². The number of rotatable bonds is 6. The molecule has 2 aromatic rings. The standard InChI is InChI=1S/C16H16ClF2NO/c1-2-9-20-10-11-13(18)6-4-7-14(11)21-15-8-3-5-12(17)16(15)19/h3-8,20H,2,9-10H2,1H3. The molecule has 5 heteroatoms. The fourth-order valence-electron chi connectivity index (χ4n) is 1.88. The Bertz CT molecular complexity index is 619. The summed E-state index contributed by atoms with van der Waals surface area (Å²) in [5.74, 6) is -0.793. The van der Waals surface area contributed by atoms with E-state index in [1.54, 1.807) is 12.1 Å². The lowest BCUT2D eigenvalue weighted by atomic mass is 10.2. The summed E-state index contributed by atoms with van der Waals surface area (Å²) < 4.78 is 33.3. The molecule has 0 saturated heterocycles. The predicted octanol–water partition coefficient (Wildman–Crippen LogP) is 4.91. The maximum atomic E-state index is 13.9. The summed E-state index contributed by atoms with van der Waals surface area (Å²) in [6, 6.07) is 8.94. The topological polar surface area (TPSA) is 21.3 Å². The number of halogens is 3. The minimum absolute atomic E-state index is 0.0233. The summed E-state index contributed by atoms with van der Waals surface area (Å²) in [5.41, 5.74) is 0.366. The van der Waals surface area contributed by atoms with Crippen molar-refractivity contribution < 1.29 is 13.5 Å². The number of nitrogens with one attached hydrogen (secondary N) is 1. The Morgan fingerprint density at radius 2 is 1.81 bits per heavy atom. The molecule has 21 heavy (non-hydrogen) atoms. The van der Waals surface area contributed by atoms with Crippen LogP contribution in [0.5, 0.6) is 11.5 Å². The van der Waals surface area contributed by atoms with Gasteiger partial charge in [0.05, 0.1) is 5.02 Å². The van der Waals surface area contributed by atoms with E-state index in [0.29, 0.717) is 12.1 Å². The van der Waals surface area contributed by atoms with Gasteiger partial charge in [0.25, 0.3) is 0 Å². The van der Waals surface area contributed by atoms with Gasteiger partial charge in [-0.2, -0.15) is 0 Å². The highest BCUT2D eigenvalue weighted by atomic mass is 35.5. The van der Waals surface area contributed by atoms with Gasteiger partial charge in [-0.15, -0.1) is 0 Å². The zero-order valence-electron chi connectivity index (χ0n) is 11.6. The quantitative estimate of drug-likeness (QED) is 0.765. The highest BCUT2D eigenvalue weighted by Gasteiger charge is 2.13. The Hall–Kier alpha value is -1.65. The van der Waals surface area contributed by atoms with Crippen LogP contribution in [-0.4, -0.2) is 6.54 Å². The molecule has 0 aliphatic carbocycles. The molecule has 0 saturated carbocycles. The molecule has 2 aromatic carbocycles. The van der Waals surface area contributed by atoms with Gasteiger partial charge >= 0.3 is 0 Å². The van der Waals surface area contributed by atoms with Gasteiger partial charge in [0, 0.05) is 12.1 Å². The van der Waals surface area contributed by atoms with E-state index in [0.717, 1.165) is 13.0 Å². The van der Waals surface area contributed by atoms with Crippen LogP contribution in [0.4, 0.5) is 8.78 Å². The molecule has 112 valence electrons. The molecule has 1 N–H and O–H groups in total. The van der Waals surface area contributed by atoms with E-state index in [-0.39, 0.29) is 16.5 Å². The molecule has 0 amide bonds. The smallest absolute Gasteiger partial charge is 0.184 e. The predicted molar refractivity (Wildman–Crippen MR) is 79.9 cm³/mol. The van der Waals surface area contributed by atoms with E-state index in [2.05, 4.69) is 5.32 Å². The summed E-state index contributed by atoms with van der Waals surface area (Å²) in [4.78, 5) is 0. The lowest BCUT2D eigenvalue weighted by molar-refractivity contribution is 0.429. The van der Waals surface area contributed by atoms with Crippen LogP contribution >= 0.6 is 11.6 Å². The zero-order valence-corrected chi connectivity index (χ0v) is 12.4. The van der Waals surface area contributed by atoms with E-state index in [4.69, 9.17) is 16.3 Å². The highest BCUT2D eigenvalue weighted by molar-refractivity contribution is 6.30. The Kier molecular flexibility index (Phi) is 5.53. The van der Waals surface area contributed by atoms with Crippen molar-refractivity contribution in [2.24, 2.45) is 0 Å². The van der Waals surface area contributed by atoms with Gasteiger partial charge in [-0.05, 0) is 37.2 Å². The summed E-state index contributed by atoms with van der Waals surface area (Å²) >= 11 is 5.71. The minimum Gasteiger partial charge on any atom is -0.454 e. The molecule has 0 bridgehead atoms. The van der Waals surface area contributed by atoms with Crippen molar-refractivity contribution in [2.45, 2.75) is 19.9 Å². The zero-order chi connectivity index (χ0) is 15.2. The Labute approximate surface area is 127 Å². The highest BCUT2D eigenvalue weighted by Crippen LogP contribution is 2.31. The van der Waals surface area contributed by atoms with Crippen LogP contribution in [0.3, 0.4) is 0 Å². The van der Waals surface area contributed by atoms with E-state index in [9.17, 15) is 8.78 Å². The molecule has 2 rings (SSSR count). The molecule has 0 atom stereocenters. The molecule has 0 aliphatic heterocycles. The van der Waals surface area contributed by atoms with Crippen molar-refractivity contribution in [3.05, 3.63) is 58.6 Å². The van der Waals surface area contributed by atoms with Gasteiger partial charge in [0.1, 0.15) is 11.6 Å². The van der Waals surface area contributed by atoms with Gasteiger partial charge < -0.3 is 10.1 Å². The monoisotopic (exact) mass is 311 g/mol. The summed E-state index contributed by atoms with van der Waals surface area (Å²) in [5, 5.41) is 3.07. The molecule has 0 aromatic heterocycles. The van der Waals surface area contributed by atoms with Crippen LogP contribution < -0.4 is 10.1 Å². The third-order valence-electron chi connectivity index (χ3n) is 2.94. The fourth-order valence-corrected chi connectivity index (χ4v) is 2.04. The Balaban J connectivity index is 2.27. The molecular formula is C16H16ClF2NO. The second-order valence-electron chi connectivity index (χ2n) is 4.55. The summed E-state index contributed by atoms with van der Waals surface area (Å²) in [6.45, 7) is 3.10. The second kappa shape index (κ2) is 7.38. The first kappa shape index (κ1) is 15.7. The minimum atomic E-state index is -0.657. The van der Waals surface area contributed by atoms with Crippen molar-refractivity contribution in [1.82, 2.24) is 5.32 Å². The molecule has 0 heterocycles. The molecular weight excluding hydrogens is 296 g/mol. The van der Waals surface area contributed by atoms with E-state index >= 15 is 0 Å². The van der Waals surface area contributed by atoms with Crippen LogP contribution in [0.2, 0.25) is 5.02 Å². The van der Waals surface area contributed by atoms with E-state index in [1.807, 2.05) is 6.92 Å². The molecule has 0 fully saturated rings. The molecule has 0 unspecified atom stereocenters. The molecule has 2 nitrogen and oxygen atoms in total. The number of hydrogen-bond donors (Lipinski definition) is 1. The van der Waals surface area contributed by atoms with Gasteiger partial charge in [-0.1, -0.05) is 30.7 Å². The third kappa shape index (κ3) is 3.93. The molecule has 0 aliphatic rings. The average Bonchev–Trinajstić information content (AvgIpc) is 2.47.